The molecule has 0 unspecified atom stereocenters. The summed E-state index contributed by atoms with van der Waals surface area (Å²) in [4.78, 5) is 21.4. The van der Waals surface area contributed by atoms with Gasteiger partial charge in [-0.1, -0.05) is 18.2 Å². The van der Waals surface area contributed by atoms with Gasteiger partial charge in [-0.25, -0.2) is 4.98 Å². The second kappa shape index (κ2) is 8.31. The number of anilines is 1. The van der Waals surface area contributed by atoms with E-state index < -0.39 is 0 Å². The van der Waals surface area contributed by atoms with E-state index in [9.17, 15) is 4.79 Å². The van der Waals surface area contributed by atoms with Crippen LogP contribution < -0.4 is 4.90 Å². The van der Waals surface area contributed by atoms with Crippen molar-refractivity contribution in [3.63, 3.8) is 0 Å². The Kier molecular flexibility index (Phi) is 5.21. The molecule has 0 radical (unpaired) electrons. The molecule has 0 aliphatic carbocycles. The molecule has 1 aliphatic rings. The van der Waals surface area contributed by atoms with Crippen LogP contribution in [0, 0.1) is 6.92 Å². The number of aromatic nitrogens is 3. The van der Waals surface area contributed by atoms with E-state index in [1.807, 2.05) is 71.9 Å². The van der Waals surface area contributed by atoms with E-state index in [1.165, 1.54) is 0 Å². The average molecular weight is 432 g/mol. The second-order valence-electron chi connectivity index (χ2n) is 7.40. The Hall–Kier alpha value is -3.52. The number of carbonyl (C=O) groups excluding carboxylic acids is 1. The van der Waals surface area contributed by atoms with Crippen molar-refractivity contribution < 1.29 is 9.21 Å². The first-order chi connectivity index (χ1) is 15.2. The van der Waals surface area contributed by atoms with Crippen molar-refractivity contribution in [2.75, 3.05) is 31.1 Å². The van der Waals surface area contributed by atoms with Crippen LogP contribution in [0.15, 0.2) is 64.5 Å². The van der Waals surface area contributed by atoms with Gasteiger partial charge in [-0.15, -0.1) is 21.5 Å². The van der Waals surface area contributed by atoms with Crippen LogP contribution in [0.1, 0.15) is 15.9 Å². The summed E-state index contributed by atoms with van der Waals surface area (Å²) in [6, 6.07) is 15.3. The molecule has 8 heteroatoms. The zero-order valence-electron chi connectivity index (χ0n) is 17.1. The topological polar surface area (TPSA) is 75.4 Å². The third-order valence-corrected chi connectivity index (χ3v) is 6.27. The minimum Gasteiger partial charge on any atom is -0.416 e. The smallest absolute Gasteiger partial charge is 0.253 e. The van der Waals surface area contributed by atoms with Gasteiger partial charge in [0.2, 0.25) is 11.8 Å². The number of aryl methyl sites for hydroxylation is 1. The summed E-state index contributed by atoms with van der Waals surface area (Å²) in [6.45, 7) is 4.96. The maximum atomic E-state index is 12.9. The van der Waals surface area contributed by atoms with Crippen molar-refractivity contribution in [3.05, 3.63) is 71.2 Å². The number of rotatable bonds is 4. The van der Waals surface area contributed by atoms with Gasteiger partial charge in [0.1, 0.15) is 0 Å². The minimum atomic E-state index is 0.0384. The quantitative estimate of drug-likeness (QED) is 0.484. The standard InChI is InChI=1S/C23H21N5O2S/c1-16-4-2-3-5-19(16)21-26-25-20(30-21)17-6-8-18(9-7-17)22(29)27-11-13-28(14-12-27)23-24-10-15-31-23/h2-10,15H,11-14H2,1H3. The Bertz CT molecular complexity index is 1180. The van der Waals surface area contributed by atoms with Crippen molar-refractivity contribution in [2.24, 2.45) is 0 Å². The maximum absolute atomic E-state index is 12.9. The summed E-state index contributed by atoms with van der Waals surface area (Å²) in [7, 11) is 0. The van der Waals surface area contributed by atoms with Crippen LogP contribution in [0.4, 0.5) is 5.13 Å². The van der Waals surface area contributed by atoms with E-state index in [2.05, 4.69) is 20.1 Å². The van der Waals surface area contributed by atoms with Crippen molar-refractivity contribution >= 4 is 22.4 Å². The molecule has 2 aromatic carbocycles. The van der Waals surface area contributed by atoms with Gasteiger partial charge in [0, 0.05) is 54.4 Å². The Morgan fingerprint density at radius 2 is 1.71 bits per heavy atom. The summed E-state index contributed by atoms with van der Waals surface area (Å²) >= 11 is 1.63. The Morgan fingerprint density at radius 1 is 0.968 bits per heavy atom. The largest absolute Gasteiger partial charge is 0.416 e. The van der Waals surface area contributed by atoms with Gasteiger partial charge in [0.15, 0.2) is 5.13 Å². The van der Waals surface area contributed by atoms with Crippen LogP contribution in [0.25, 0.3) is 22.9 Å². The SMILES string of the molecule is Cc1ccccc1-c1nnc(-c2ccc(C(=O)N3CCN(c4nccs4)CC3)cc2)o1. The number of benzene rings is 2. The number of nitrogens with zero attached hydrogens (tertiary/aromatic N) is 5. The molecule has 5 rings (SSSR count). The molecule has 0 saturated carbocycles. The number of piperazine rings is 1. The number of hydrogen-bond acceptors (Lipinski definition) is 7. The summed E-state index contributed by atoms with van der Waals surface area (Å²) < 4.78 is 5.87. The molecule has 1 saturated heterocycles. The van der Waals surface area contributed by atoms with E-state index in [4.69, 9.17) is 4.42 Å². The Labute approximate surface area is 184 Å². The van der Waals surface area contributed by atoms with Crippen molar-refractivity contribution in [3.8, 4) is 22.9 Å². The highest BCUT2D eigenvalue weighted by atomic mass is 32.1. The lowest BCUT2D eigenvalue weighted by atomic mass is 10.1. The first kappa shape index (κ1) is 19.4. The molecule has 0 N–H and O–H groups in total. The van der Waals surface area contributed by atoms with Gasteiger partial charge < -0.3 is 14.2 Å². The molecule has 2 aromatic heterocycles. The first-order valence-corrected chi connectivity index (χ1v) is 11.0. The monoisotopic (exact) mass is 431 g/mol. The fourth-order valence-corrected chi connectivity index (χ4v) is 4.37. The molecular formula is C23H21N5O2S. The van der Waals surface area contributed by atoms with E-state index in [-0.39, 0.29) is 5.91 Å². The molecule has 1 amide bonds. The lowest BCUT2D eigenvalue weighted by Crippen LogP contribution is -2.48. The second-order valence-corrected chi connectivity index (χ2v) is 8.27. The summed E-state index contributed by atoms with van der Waals surface area (Å²) in [5.74, 6) is 0.970. The zero-order valence-corrected chi connectivity index (χ0v) is 17.9. The lowest BCUT2D eigenvalue weighted by Gasteiger charge is -2.34. The van der Waals surface area contributed by atoms with Crippen LogP contribution in [0.5, 0.6) is 0 Å². The van der Waals surface area contributed by atoms with Crippen LogP contribution in [0.2, 0.25) is 0 Å². The molecule has 4 aromatic rings. The molecule has 0 atom stereocenters. The third kappa shape index (κ3) is 3.94. The zero-order chi connectivity index (χ0) is 21.2. The summed E-state index contributed by atoms with van der Waals surface area (Å²) in [5, 5.41) is 11.3. The molecule has 0 bridgehead atoms. The molecular weight excluding hydrogens is 410 g/mol. The number of carbonyl (C=O) groups is 1. The minimum absolute atomic E-state index is 0.0384. The van der Waals surface area contributed by atoms with Crippen molar-refractivity contribution in [2.45, 2.75) is 6.92 Å². The van der Waals surface area contributed by atoms with Gasteiger partial charge in [0.05, 0.1) is 0 Å². The van der Waals surface area contributed by atoms with Crippen LogP contribution in [-0.4, -0.2) is 52.2 Å². The highest BCUT2D eigenvalue weighted by molar-refractivity contribution is 7.13. The van der Waals surface area contributed by atoms with Crippen LogP contribution in [0.3, 0.4) is 0 Å². The fourth-order valence-electron chi connectivity index (χ4n) is 3.67. The van der Waals surface area contributed by atoms with E-state index >= 15 is 0 Å². The molecule has 31 heavy (non-hydrogen) atoms. The number of thiazole rings is 1. The highest BCUT2D eigenvalue weighted by Gasteiger charge is 2.23. The van der Waals surface area contributed by atoms with Crippen molar-refractivity contribution in [1.29, 1.82) is 0 Å². The molecule has 1 fully saturated rings. The maximum Gasteiger partial charge on any atom is 0.253 e. The molecule has 1 aliphatic heterocycles. The fraction of sp³-hybridized carbons (Fsp3) is 0.217. The summed E-state index contributed by atoms with van der Waals surface area (Å²) in [6.07, 6.45) is 1.81. The van der Waals surface area contributed by atoms with Gasteiger partial charge in [-0.05, 0) is 42.8 Å². The van der Waals surface area contributed by atoms with E-state index in [1.54, 1.807) is 11.3 Å². The first-order valence-electron chi connectivity index (χ1n) is 10.1. The van der Waals surface area contributed by atoms with Gasteiger partial charge in [-0.2, -0.15) is 0 Å². The van der Waals surface area contributed by atoms with Crippen molar-refractivity contribution in [1.82, 2.24) is 20.1 Å². The number of hydrogen-bond donors (Lipinski definition) is 0. The predicted octanol–water partition coefficient (Wildman–Crippen LogP) is 4.13. The molecule has 0 spiro atoms. The van der Waals surface area contributed by atoms with Crippen LogP contribution >= 0.6 is 11.3 Å². The normalized spacial score (nSPS) is 14.1. The Balaban J connectivity index is 1.26. The molecule has 7 nitrogen and oxygen atoms in total. The average Bonchev–Trinajstić information content (AvgIpc) is 3.52. The van der Waals surface area contributed by atoms with E-state index in [0.29, 0.717) is 30.4 Å². The van der Waals surface area contributed by atoms with Gasteiger partial charge in [0.25, 0.3) is 5.91 Å². The van der Waals surface area contributed by atoms with Crippen LogP contribution in [-0.2, 0) is 0 Å². The predicted molar refractivity (Wildman–Crippen MR) is 120 cm³/mol. The molecule has 156 valence electrons. The lowest BCUT2D eigenvalue weighted by molar-refractivity contribution is 0.0747. The summed E-state index contributed by atoms with van der Waals surface area (Å²) in [5.41, 5.74) is 3.45. The van der Waals surface area contributed by atoms with Gasteiger partial charge in [-0.3, -0.25) is 4.79 Å². The Morgan fingerprint density at radius 3 is 2.42 bits per heavy atom. The van der Waals surface area contributed by atoms with E-state index in [0.717, 1.165) is 34.9 Å². The van der Waals surface area contributed by atoms with Gasteiger partial charge >= 0.3 is 0 Å². The number of amides is 1. The highest BCUT2D eigenvalue weighted by Crippen LogP contribution is 2.26. The third-order valence-electron chi connectivity index (χ3n) is 5.44. The molecule has 3 heterocycles.